The molecule has 0 atom stereocenters. The van der Waals surface area contributed by atoms with Gasteiger partial charge in [-0.25, -0.2) is 9.97 Å². The largest absolute Gasteiger partial charge is 0.338 e. The first-order valence-corrected chi connectivity index (χ1v) is 9.51. The van der Waals surface area contributed by atoms with Crippen LogP contribution >= 0.6 is 0 Å². The minimum absolute atomic E-state index is 0.760. The lowest BCUT2D eigenvalue weighted by Gasteiger charge is -2.01. The van der Waals surface area contributed by atoms with Crippen molar-refractivity contribution in [1.29, 1.82) is 0 Å². The van der Waals surface area contributed by atoms with Gasteiger partial charge in [0.25, 0.3) is 0 Å². The predicted molar refractivity (Wildman–Crippen MR) is 115 cm³/mol. The highest BCUT2D eigenvalue weighted by Crippen LogP contribution is 2.33. The smallest absolute Gasteiger partial charge is 0.138 e. The topological polar surface area (TPSA) is 96.0 Å². The number of hydrogen-bond donors (Lipinski definition) is 2. The number of pyridine rings is 4. The Bertz CT molecular complexity index is 1480. The van der Waals surface area contributed by atoms with E-state index in [2.05, 4.69) is 36.2 Å². The van der Waals surface area contributed by atoms with E-state index in [1.54, 1.807) is 24.8 Å². The van der Waals surface area contributed by atoms with Crippen molar-refractivity contribution in [2.24, 2.45) is 0 Å². The SMILES string of the molecule is c1cncc(-c2ccnc3[nH]c(-c4n[nH]c5ccc(-c6ccncc6)nc45)cc23)c1. The zero-order chi connectivity index (χ0) is 19.9. The van der Waals surface area contributed by atoms with Gasteiger partial charge in [-0.15, -0.1) is 0 Å². The summed E-state index contributed by atoms with van der Waals surface area (Å²) in [6.45, 7) is 0. The normalized spacial score (nSPS) is 11.3. The van der Waals surface area contributed by atoms with E-state index in [9.17, 15) is 0 Å². The van der Waals surface area contributed by atoms with Crippen LogP contribution < -0.4 is 0 Å². The summed E-state index contributed by atoms with van der Waals surface area (Å²) in [4.78, 5) is 21.1. The standard InChI is InChI=1S/C23H15N7/c1-2-15(13-25-8-1)16-7-11-26-23-17(16)12-20(28-23)22-21-19(29-30-22)4-3-18(27-21)14-5-9-24-10-6-14/h1-13H,(H,26,28)(H,29,30). The number of fused-ring (bicyclic) bond motifs is 2. The van der Waals surface area contributed by atoms with Crippen LogP contribution in [0.25, 0.3) is 55.8 Å². The van der Waals surface area contributed by atoms with E-state index >= 15 is 0 Å². The van der Waals surface area contributed by atoms with Gasteiger partial charge in [0.05, 0.1) is 16.9 Å². The molecule has 6 heterocycles. The van der Waals surface area contributed by atoms with Crippen molar-refractivity contribution in [1.82, 2.24) is 35.1 Å². The van der Waals surface area contributed by atoms with Gasteiger partial charge in [-0.1, -0.05) is 6.07 Å². The molecule has 6 rings (SSSR count). The van der Waals surface area contributed by atoms with Gasteiger partial charge in [-0.3, -0.25) is 15.1 Å². The van der Waals surface area contributed by atoms with E-state index in [0.29, 0.717) is 0 Å². The third-order valence-corrected chi connectivity index (χ3v) is 5.14. The molecule has 7 nitrogen and oxygen atoms in total. The summed E-state index contributed by atoms with van der Waals surface area (Å²) in [5.41, 5.74) is 8.10. The highest BCUT2D eigenvalue weighted by Gasteiger charge is 2.15. The minimum atomic E-state index is 0.760. The van der Waals surface area contributed by atoms with Crippen LogP contribution in [0.3, 0.4) is 0 Å². The Morgan fingerprint density at radius 1 is 0.800 bits per heavy atom. The van der Waals surface area contributed by atoms with Gasteiger partial charge in [0.2, 0.25) is 0 Å². The average molecular weight is 389 g/mol. The maximum absolute atomic E-state index is 4.86. The monoisotopic (exact) mass is 389 g/mol. The van der Waals surface area contributed by atoms with Crippen LogP contribution in [-0.4, -0.2) is 35.1 Å². The van der Waals surface area contributed by atoms with E-state index < -0.39 is 0 Å². The Labute approximate surface area is 170 Å². The van der Waals surface area contributed by atoms with E-state index in [-0.39, 0.29) is 0 Å². The van der Waals surface area contributed by atoms with E-state index in [1.165, 1.54) is 0 Å². The number of aromatic nitrogens is 7. The summed E-state index contributed by atoms with van der Waals surface area (Å²) in [6.07, 6.45) is 8.95. The molecule has 0 spiro atoms. The summed E-state index contributed by atoms with van der Waals surface area (Å²) in [6, 6.07) is 15.9. The molecule has 0 radical (unpaired) electrons. The van der Waals surface area contributed by atoms with E-state index in [1.807, 2.05) is 48.7 Å². The minimum Gasteiger partial charge on any atom is -0.338 e. The van der Waals surface area contributed by atoms with Crippen LogP contribution in [0.4, 0.5) is 0 Å². The van der Waals surface area contributed by atoms with Gasteiger partial charge in [0.1, 0.15) is 16.9 Å². The maximum atomic E-state index is 4.86. The number of H-pyrrole nitrogens is 2. The van der Waals surface area contributed by atoms with Crippen LogP contribution in [-0.2, 0) is 0 Å². The average Bonchev–Trinajstić information content (AvgIpc) is 3.43. The quantitative estimate of drug-likeness (QED) is 0.460. The number of hydrogen-bond acceptors (Lipinski definition) is 5. The third-order valence-electron chi connectivity index (χ3n) is 5.14. The molecule has 0 fully saturated rings. The molecule has 142 valence electrons. The Kier molecular flexibility index (Phi) is 3.64. The predicted octanol–water partition coefficient (Wildman–Crippen LogP) is 4.63. The molecule has 0 aromatic carbocycles. The number of aromatic amines is 2. The highest BCUT2D eigenvalue weighted by atomic mass is 15.1. The molecule has 0 saturated heterocycles. The van der Waals surface area contributed by atoms with Gasteiger partial charge in [-0.05, 0) is 48.0 Å². The molecular weight excluding hydrogens is 374 g/mol. The number of nitrogens with zero attached hydrogens (tertiary/aromatic N) is 5. The molecule has 0 aliphatic heterocycles. The number of nitrogens with one attached hydrogen (secondary N) is 2. The van der Waals surface area contributed by atoms with Crippen molar-refractivity contribution < 1.29 is 0 Å². The highest BCUT2D eigenvalue weighted by molar-refractivity contribution is 5.98. The Balaban J connectivity index is 1.52. The molecule has 2 N–H and O–H groups in total. The summed E-state index contributed by atoms with van der Waals surface area (Å²) >= 11 is 0. The van der Waals surface area contributed by atoms with Crippen LogP contribution in [0.15, 0.2) is 79.5 Å². The fraction of sp³-hybridized carbons (Fsp3) is 0. The second-order valence-electron chi connectivity index (χ2n) is 6.95. The van der Waals surface area contributed by atoms with Crippen molar-refractivity contribution in [2.75, 3.05) is 0 Å². The van der Waals surface area contributed by atoms with E-state index in [4.69, 9.17) is 4.98 Å². The van der Waals surface area contributed by atoms with Crippen molar-refractivity contribution in [3.8, 4) is 33.8 Å². The van der Waals surface area contributed by atoms with Crippen LogP contribution in [0, 0.1) is 0 Å². The fourth-order valence-corrected chi connectivity index (χ4v) is 3.70. The summed E-state index contributed by atoms with van der Waals surface area (Å²) in [5.74, 6) is 0. The fourth-order valence-electron chi connectivity index (χ4n) is 3.70. The molecule has 7 heteroatoms. The second kappa shape index (κ2) is 6.59. The van der Waals surface area contributed by atoms with Crippen molar-refractivity contribution in [2.45, 2.75) is 0 Å². The molecule has 0 amide bonds. The molecule has 0 bridgehead atoms. The second-order valence-corrected chi connectivity index (χ2v) is 6.95. The summed E-state index contributed by atoms with van der Waals surface area (Å²) < 4.78 is 0. The maximum Gasteiger partial charge on any atom is 0.138 e. The first-order chi connectivity index (χ1) is 14.9. The first-order valence-electron chi connectivity index (χ1n) is 9.51. The molecule has 0 aliphatic carbocycles. The number of rotatable bonds is 3. The Morgan fingerprint density at radius 3 is 2.60 bits per heavy atom. The lowest BCUT2D eigenvalue weighted by molar-refractivity contribution is 1.12. The van der Waals surface area contributed by atoms with Gasteiger partial charge in [0.15, 0.2) is 0 Å². The summed E-state index contributed by atoms with van der Waals surface area (Å²) in [5, 5.41) is 8.62. The lowest BCUT2D eigenvalue weighted by atomic mass is 10.1. The zero-order valence-corrected chi connectivity index (χ0v) is 15.7. The first kappa shape index (κ1) is 16.6. The Morgan fingerprint density at radius 2 is 1.73 bits per heavy atom. The Hall–Kier alpha value is -4.39. The van der Waals surface area contributed by atoms with Gasteiger partial charge < -0.3 is 4.98 Å². The summed E-state index contributed by atoms with van der Waals surface area (Å²) in [7, 11) is 0. The molecule has 0 unspecified atom stereocenters. The molecule has 6 aromatic heterocycles. The van der Waals surface area contributed by atoms with Crippen molar-refractivity contribution in [3.05, 3.63) is 79.5 Å². The molecule has 30 heavy (non-hydrogen) atoms. The van der Waals surface area contributed by atoms with E-state index in [0.717, 1.165) is 55.8 Å². The molecular formula is C23H15N7. The van der Waals surface area contributed by atoms with Crippen molar-refractivity contribution in [3.63, 3.8) is 0 Å². The molecule has 0 aliphatic rings. The molecule has 6 aromatic rings. The zero-order valence-electron chi connectivity index (χ0n) is 15.7. The lowest BCUT2D eigenvalue weighted by Crippen LogP contribution is -1.86. The molecule has 0 saturated carbocycles. The van der Waals surface area contributed by atoms with Crippen LogP contribution in [0.1, 0.15) is 0 Å². The van der Waals surface area contributed by atoms with Crippen molar-refractivity contribution >= 4 is 22.1 Å². The van der Waals surface area contributed by atoms with Crippen LogP contribution in [0.2, 0.25) is 0 Å². The van der Waals surface area contributed by atoms with Gasteiger partial charge >= 0.3 is 0 Å². The van der Waals surface area contributed by atoms with Gasteiger partial charge in [0, 0.05) is 47.5 Å². The van der Waals surface area contributed by atoms with Crippen LogP contribution in [0.5, 0.6) is 0 Å². The van der Waals surface area contributed by atoms with Gasteiger partial charge in [-0.2, -0.15) is 5.10 Å². The third kappa shape index (κ3) is 2.64.